The maximum absolute atomic E-state index is 12.8. The van der Waals surface area contributed by atoms with Crippen molar-refractivity contribution in [1.29, 1.82) is 0 Å². The van der Waals surface area contributed by atoms with Gasteiger partial charge in [0.2, 0.25) is 5.91 Å². The minimum atomic E-state index is 0.0746. The lowest BCUT2D eigenvalue weighted by molar-refractivity contribution is -0.146. The van der Waals surface area contributed by atoms with Gasteiger partial charge in [-0.15, -0.1) is 0 Å². The summed E-state index contributed by atoms with van der Waals surface area (Å²) in [5, 5.41) is 4.17. The first-order valence-corrected chi connectivity index (χ1v) is 8.50. The maximum atomic E-state index is 12.8. The molecule has 0 bridgehead atoms. The zero-order chi connectivity index (χ0) is 15.4. The van der Waals surface area contributed by atoms with Crippen molar-refractivity contribution in [2.24, 2.45) is 11.8 Å². The largest absolute Gasteiger partial charge is 0.377 e. The van der Waals surface area contributed by atoms with Crippen molar-refractivity contribution in [2.75, 3.05) is 19.7 Å². The highest BCUT2D eigenvalue weighted by atomic mass is 16.5. The van der Waals surface area contributed by atoms with Crippen LogP contribution in [0.15, 0.2) is 12.7 Å². The highest BCUT2D eigenvalue weighted by molar-refractivity contribution is 5.79. The van der Waals surface area contributed by atoms with Gasteiger partial charge in [-0.25, -0.2) is 4.98 Å². The zero-order valence-electron chi connectivity index (χ0n) is 13.4. The Labute approximate surface area is 131 Å². The van der Waals surface area contributed by atoms with E-state index in [1.807, 2.05) is 4.68 Å². The standard InChI is InChI=1S/C16H26N4O2/c1-2-15-14(4-3-9-22-15)16(21)19-7-5-13(6-8-19)10-20-12-17-11-18-20/h11-15H,2-10H2,1H3/t14-,15-/m0/s1. The molecule has 2 fully saturated rings. The van der Waals surface area contributed by atoms with Gasteiger partial charge in [0, 0.05) is 26.2 Å². The molecule has 0 spiro atoms. The van der Waals surface area contributed by atoms with Gasteiger partial charge in [-0.1, -0.05) is 6.92 Å². The Bertz CT molecular complexity index is 469. The summed E-state index contributed by atoms with van der Waals surface area (Å²) < 4.78 is 7.67. The summed E-state index contributed by atoms with van der Waals surface area (Å²) in [7, 11) is 0. The molecule has 2 atom stereocenters. The van der Waals surface area contributed by atoms with Crippen LogP contribution in [0, 0.1) is 11.8 Å². The molecule has 0 aromatic carbocycles. The second-order valence-electron chi connectivity index (χ2n) is 6.45. The van der Waals surface area contributed by atoms with Crippen molar-refractivity contribution in [3.63, 3.8) is 0 Å². The van der Waals surface area contributed by atoms with Crippen molar-refractivity contribution >= 4 is 5.91 Å². The van der Waals surface area contributed by atoms with Crippen LogP contribution in [-0.2, 0) is 16.1 Å². The van der Waals surface area contributed by atoms with Crippen LogP contribution in [0.3, 0.4) is 0 Å². The lowest BCUT2D eigenvalue weighted by Crippen LogP contribution is -2.47. The third-order valence-corrected chi connectivity index (χ3v) is 5.00. The van der Waals surface area contributed by atoms with Gasteiger partial charge in [0.15, 0.2) is 0 Å². The summed E-state index contributed by atoms with van der Waals surface area (Å²) in [6, 6.07) is 0. The van der Waals surface area contributed by atoms with E-state index in [0.717, 1.165) is 58.3 Å². The van der Waals surface area contributed by atoms with Crippen LogP contribution in [0.2, 0.25) is 0 Å². The first kappa shape index (κ1) is 15.5. The Hall–Kier alpha value is -1.43. The Balaban J connectivity index is 1.51. The number of rotatable bonds is 4. The number of nitrogens with zero attached hydrogens (tertiary/aromatic N) is 4. The van der Waals surface area contributed by atoms with Crippen molar-refractivity contribution < 1.29 is 9.53 Å². The average molecular weight is 306 g/mol. The van der Waals surface area contributed by atoms with Crippen LogP contribution < -0.4 is 0 Å². The van der Waals surface area contributed by atoms with E-state index < -0.39 is 0 Å². The molecule has 2 aliphatic heterocycles. The van der Waals surface area contributed by atoms with E-state index in [0.29, 0.717) is 11.8 Å². The molecule has 1 aromatic heterocycles. The molecule has 0 aliphatic carbocycles. The van der Waals surface area contributed by atoms with Crippen LogP contribution in [0.5, 0.6) is 0 Å². The summed E-state index contributed by atoms with van der Waals surface area (Å²) in [5.41, 5.74) is 0. The van der Waals surface area contributed by atoms with Crippen molar-refractivity contribution in [3.05, 3.63) is 12.7 Å². The Morgan fingerprint density at radius 1 is 1.32 bits per heavy atom. The Kier molecular flexibility index (Phi) is 5.08. The SMILES string of the molecule is CC[C@@H]1OCCC[C@@H]1C(=O)N1CCC(Cn2cncn2)CC1. The minimum absolute atomic E-state index is 0.0746. The number of ether oxygens (including phenoxy) is 1. The number of carbonyl (C=O) groups is 1. The molecule has 1 aromatic rings. The number of hydrogen-bond donors (Lipinski definition) is 0. The summed E-state index contributed by atoms with van der Waals surface area (Å²) in [4.78, 5) is 18.8. The smallest absolute Gasteiger partial charge is 0.228 e. The molecule has 0 N–H and O–H groups in total. The molecule has 2 saturated heterocycles. The number of aromatic nitrogens is 3. The Morgan fingerprint density at radius 2 is 2.14 bits per heavy atom. The van der Waals surface area contributed by atoms with Gasteiger partial charge < -0.3 is 9.64 Å². The van der Waals surface area contributed by atoms with Crippen LogP contribution in [0.4, 0.5) is 0 Å². The van der Waals surface area contributed by atoms with E-state index in [2.05, 4.69) is 21.9 Å². The first-order chi connectivity index (χ1) is 10.8. The summed E-state index contributed by atoms with van der Waals surface area (Å²) in [6.45, 7) is 5.56. The van der Waals surface area contributed by atoms with Crippen LogP contribution in [-0.4, -0.2) is 51.4 Å². The van der Waals surface area contributed by atoms with Gasteiger partial charge in [0.25, 0.3) is 0 Å². The fourth-order valence-electron chi connectivity index (χ4n) is 3.69. The molecule has 0 radical (unpaired) electrons. The molecular formula is C16H26N4O2. The number of hydrogen-bond acceptors (Lipinski definition) is 4. The van der Waals surface area contributed by atoms with Crippen molar-refractivity contribution in [1.82, 2.24) is 19.7 Å². The van der Waals surface area contributed by atoms with E-state index in [4.69, 9.17) is 4.74 Å². The average Bonchev–Trinajstić information content (AvgIpc) is 3.08. The summed E-state index contributed by atoms with van der Waals surface area (Å²) in [5.74, 6) is 0.978. The number of amides is 1. The van der Waals surface area contributed by atoms with E-state index in [9.17, 15) is 4.79 Å². The fourth-order valence-corrected chi connectivity index (χ4v) is 3.69. The monoisotopic (exact) mass is 306 g/mol. The van der Waals surface area contributed by atoms with Crippen molar-refractivity contribution in [3.8, 4) is 0 Å². The van der Waals surface area contributed by atoms with E-state index >= 15 is 0 Å². The molecule has 3 rings (SSSR count). The molecule has 6 heteroatoms. The predicted molar refractivity (Wildman–Crippen MR) is 82.1 cm³/mol. The van der Waals surface area contributed by atoms with Crippen molar-refractivity contribution in [2.45, 2.75) is 51.7 Å². The van der Waals surface area contributed by atoms with E-state index in [1.165, 1.54) is 0 Å². The highest BCUT2D eigenvalue weighted by Crippen LogP contribution is 2.27. The maximum Gasteiger partial charge on any atom is 0.228 e. The van der Waals surface area contributed by atoms with E-state index in [-0.39, 0.29) is 12.0 Å². The molecule has 2 aliphatic rings. The van der Waals surface area contributed by atoms with Gasteiger partial charge in [-0.3, -0.25) is 9.48 Å². The van der Waals surface area contributed by atoms with Gasteiger partial charge in [0.1, 0.15) is 12.7 Å². The molecule has 122 valence electrons. The van der Waals surface area contributed by atoms with Gasteiger partial charge in [-0.05, 0) is 38.0 Å². The van der Waals surface area contributed by atoms with Crippen LogP contribution >= 0.6 is 0 Å². The van der Waals surface area contributed by atoms with Gasteiger partial charge >= 0.3 is 0 Å². The molecule has 6 nitrogen and oxygen atoms in total. The predicted octanol–water partition coefficient (Wildman–Crippen LogP) is 1.72. The number of likely N-dealkylation sites (tertiary alicyclic amines) is 1. The molecule has 3 heterocycles. The second kappa shape index (κ2) is 7.22. The molecule has 0 saturated carbocycles. The van der Waals surface area contributed by atoms with E-state index in [1.54, 1.807) is 12.7 Å². The third kappa shape index (κ3) is 3.48. The molecular weight excluding hydrogens is 280 g/mol. The molecule has 1 amide bonds. The third-order valence-electron chi connectivity index (χ3n) is 5.00. The number of carbonyl (C=O) groups excluding carboxylic acids is 1. The zero-order valence-corrected chi connectivity index (χ0v) is 13.4. The number of piperidine rings is 1. The second-order valence-corrected chi connectivity index (χ2v) is 6.45. The quantitative estimate of drug-likeness (QED) is 0.850. The van der Waals surface area contributed by atoms with Gasteiger partial charge in [-0.2, -0.15) is 5.10 Å². The lowest BCUT2D eigenvalue weighted by Gasteiger charge is -2.37. The lowest BCUT2D eigenvalue weighted by atomic mass is 9.89. The Morgan fingerprint density at radius 3 is 2.82 bits per heavy atom. The normalized spacial score (nSPS) is 27.0. The summed E-state index contributed by atoms with van der Waals surface area (Å²) >= 11 is 0. The summed E-state index contributed by atoms with van der Waals surface area (Å²) in [6.07, 6.45) is 8.49. The molecule has 22 heavy (non-hydrogen) atoms. The van der Waals surface area contributed by atoms with Gasteiger partial charge in [0.05, 0.1) is 12.0 Å². The first-order valence-electron chi connectivity index (χ1n) is 8.50. The van der Waals surface area contributed by atoms with Crippen LogP contribution in [0.1, 0.15) is 39.0 Å². The molecule has 0 unspecified atom stereocenters. The topological polar surface area (TPSA) is 60.2 Å². The highest BCUT2D eigenvalue weighted by Gasteiger charge is 2.35. The minimum Gasteiger partial charge on any atom is -0.377 e. The fraction of sp³-hybridized carbons (Fsp3) is 0.812. The van der Waals surface area contributed by atoms with Crippen LogP contribution in [0.25, 0.3) is 0 Å².